The first-order chi connectivity index (χ1) is 11.5. The maximum absolute atomic E-state index is 12.7. The summed E-state index contributed by atoms with van der Waals surface area (Å²) in [4.78, 5) is 16.9. The lowest BCUT2D eigenvalue weighted by Crippen LogP contribution is -2.44. The van der Waals surface area contributed by atoms with E-state index in [-0.39, 0.29) is 17.9 Å². The van der Waals surface area contributed by atoms with Crippen molar-refractivity contribution in [1.82, 2.24) is 4.90 Å². The Morgan fingerprint density at radius 1 is 1.21 bits per heavy atom. The Balaban J connectivity index is 1.96. The fourth-order valence-electron chi connectivity index (χ4n) is 3.37. The van der Waals surface area contributed by atoms with E-state index in [1.54, 1.807) is 0 Å². The van der Waals surface area contributed by atoms with E-state index in [0.717, 1.165) is 50.1 Å². The topological polar surface area (TPSA) is 43.8 Å². The van der Waals surface area contributed by atoms with E-state index < -0.39 is 0 Å². The first-order valence-corrected chi connectivity index (χ1v) is 9.26. The van der Waals surface area contributed by atoms with Crippen LogP contribution in [0.3, 0.4) is 0 Å². The quantitative estimate of drug-likeness (QED) is 0.830. The van der Waals surface area contributed by atoms with Crippen molar-refractivity contribution in [1.29, 1.82) is 0 Å². The Bertz CT molecular complexity index is 513. The highest BCUT2D eigenvalue weighted by Crippen LogP contribution is 2.34. The minimum Gasteiger partial charge on any atom is -0.396 e. The monoisotopic (exact) mass is 332 g/mol. The molecular formula is C20H32N2O2. The maximum atomic E-state index is 12.7. The van der Waals surface area contributed by atoms with E-state index in [1.165, 1.54) is 12.8 Å². The number of aliphatic hydroxyl groups is 1. The van der Waals surface area contributed by atoms with Gasteiger partial charge in [-0.15, -0.1) is 0 Å². The second kappa shape index (κ2) is 8.52. The third kappa shape index (κ3) is 4.29. The second-order valence-corrected chi connectivity index (χ2v) is 7.13. The number of benzene rings is 1. The van der Waals surface area contributed by atoms with Crippen LogP contribution in [0.15, 0.2) is 24.3 Å². The number of rotatable bonds is 7. The van der Waals surface area contributed by atoms with Gasteiger partial charge in [-0.25, -0.2) is 0 Å². The molecule has 1 amide bonds. The first-order valence-electron chi connectivity index (χ1n) is 9.26. The van der Waals surface area contributed by atoms with Crippen molar-refractivity contribution in [3.05, 3.63) is 29.8 Å². The highest BCUT2D eigenvalue weighted by molar-refractivity contribution is 5.94. The molecule has 2 rings (SSSR count). The molecule has 134 valence electrons. The lowest BCUT2D eigenvalue weighted by Gasteiger charge is -2.40. The number of hydrogen-bond acceptors (Lipinski definition) is 3. The van der Waals surface area contributed by atoms with E-state index in [0.29, 0.717) is 0 Å². The van der Waals surface area contributed by atoms with Gasteiger partial charge >= 0.3 is 0 Å². The lowest BCUT2D eigenvalue weighted by molar-refractivity contribution is 0.0338. The molecule has 4 heteroatoms. The molecule has 0 bridgehead atoms. The van der Waals surface area contributed by atoms with E-state index in [9.17, 15) is 9.90 Å². The van der Waals surface area contributed by atoms with Gasteiger partial charge in [0.05, 0.1) is 0 Å². The summed E-state index contributed by atoms with van der Waals surface area (Å²) in [6.07, 6.45) is 5.12. The van der Waals surface area contributed by atoms with Gasteiger partial charge in [0.1, 0.15) is 0 Å². The molecule has 1 aliphatic heterocycles. The van der Waals surface area contributed by atoms with Gasteiger partial charge < -0.3 is 14.9 Å². The van der Waals surface area contributed by atoms with Gasteiger partial charge in [0, 0.05) is 44.5 Å². The molecule has 0 atom stereocenters. The molecule has 1 saturated heterocycles. The number of amides is 1. The fourth-order valence-corrected chi connectivity index (χ4v) is 3.37. The largest absolute Gasteiger partial charge is 0.396 e. The van der Waals surface area contributed by atoms with Crippen molar-refractivity contribution >= 4 is 11.6 Å². The summed E-state index contributed by atoms with van der Waals surface area (Å²) in [7, 11) is 2.09. The Labute approximate surface area is 146 Å². The average molecular weight is 332 g/mol. The number of anilines is 1. The molecule has 0 spiro atoms. The van der Waals surface area contributed by atoms with Crippen LogP contribution in [0, 0.1) is 5.41 Å². The van der Waals surface area contributed by atoms with Gasteiger partial charge in [0.15, 0.2) is 0 Å². The van der Waals surface area contributed by atoms with Crippen LogP contribution in [0.25, 0.3) is 0 Å². The molecule has 24 heavy (non-hydrogen) atoms. The molecule has 4 nitrogen and oxygen atoms in total. The van der Waals surface area contributed by atoms with E-state index in [2.05, 4.69) is 25.8 Å². The van der Waals surface area contributed by atoms with Crippen LogP contribution in [0.2, 0.25) is 0 Å². The van der Waals surface area contributed by atoms with Gasteiger partial charge in [0.25, 0.3) is 5.91 Å². The van der Waals surface area contributed by atoms with Gasteiger partial charge in [-0.1, -0.05) is 20.3 Å². The smallest absolute Gasteiger partial charge is 0.253 e. The van der Waals surface area contributed by atoms with E-state index >= 15 is 0 Å². The molecule has 0 saturated carbocycles. The molecule has 0 unspecified atom stereocenters. The van der Waals surface area contributed by atoms with Crippen molar-refractivity contribution in [2.45, 2.75) is 46.0 Å². The molecule has 0 aliphatic carbocycles. The van der Waals surface area contributed by atoms with Crippen LogP contribution in [-0.2, 0) is 0 Å². The predicted octanol–water partition coefficient (Wildman–Crippen LogP) is 3.55. The van der Waals surface area contributed by atoms with E-state index in [4.69, 9.17) is 0 Å². The summed E-state index contributed by atoms with van der Waals surface area (Å²) in [5.41, 5.74) is 1.93. The summed E-state index contributed by atoms with van der Waals surface area (Å²) < 4.78 is 0. The Morgan fingerprint density at radius 2 is 1.83 bits per heavy atom. The number of likely N-dealkylation sites (tertiary alicyclic amines) is 1. The Kier molecular flexibility index (Phi) is 6.67. The average Bonchev–Trinajstić information content (AvgIpc) is 2.65. The molecule has 1 aromatic rings. The van der Waals surface area contributed by atoms with Crippen molar-refractivity contribution < 1.29 is 9.90 Å². The summed E-state index contributed by atoms with van der Waals surface area (Å²) >= 11 is 0. The molecule has 1 aliphatic rings. The van der Waals surface area contributed by atoms with Crippen LogP contribution in [-0.4, -0.2) is 49.2 Å². The molecular weight excluding hydrogens is 300 g/mol. The molecule has 1 fully saturated rings. The van der Waals surface area contributed by atoms with Gasteiger partial charge in [-0.2, -0.15) is 0 Å². The van der Waals surface area contributed by atoms with Crippen LogP contribution < -0.4 is 4.90 Å². The zero-order valence-electron chi connectivity index (χ0n) is 15.4. The second-order valence-electron chi connectivity index (χ2n) is 7.13. The fraction of sp³-hybridized carbons (Fsp3) is 0.650. The number of carbonyl (C=O) groups is 1. The number of nitrogens with zero attached hydrogens (tertiary/aromatic N) is 2. The normalized spacial score (nSPS) is 16.9. The van der Waals surface area contributed by atoms with Crippen molar-refractivity contribution in [3.63, 3.8) is 0 Å². The molecule has 1 heterocycles. The maximum Gasteiger partial charge on any atom is 0.253 e. The zero-order valence-corrected chi connectivity index (χ0v) is 15.4. The zero-order chi connectivity index (χ0) is 17.6. The van der Waals surface area contributed by atoms with Crippen molar-refractivity contribution in [2.75, 3.05) is 38.2 Å². The van der Waals surface area contributed by atoms with Gasteiger partial charge in [0.2, 0.25) is 0 Å². The number of carbonyl (C=O) groups excluding carboxylic acids is 1. The third-order valence-corrected chi connectivity index (χ3v) is 5.60. The number of unbranched alkanes of at least 4 members (excludes halogenated alkanes) is 1. The predicted molar refractivity (Wildman–Crippen MR) is 99.6 cm³/mol. The van der Waals surface area contributed by atoms with E-state index in [1.807, 2.05) is 29.2 Å². The summed E-state index contributed by atoms with van der Waals surface area (Å²) in [5, 5.41) is 9.62. The van der Waals surface area contributed by atoms with Crippen LogP contribution in [0.1, 0.15) is 56.3 Å². The van der Waals surface area contributed by atoms with Crippen LogP contribution >= 0.6 is 0 Å². The highest BCUT2D eigenvalue weighted by Gasteiger charge is 2.34. The first kappa shape index (κ1) is 18.8. The van der Waals surface area contributed by atoms with Gasteiger partial charge in [-0.3, -0.25) is 4.79 Å². The number of hydrogen-bond donors (Lipinski definition) is 1. The summed E-state index contributed by atoms with van der Waals surface area (Å²) in [6, 6.07) is 7.95. The lowest BCUT2D eigenvalue weighted by atomic mass is 9.77. The number of piperidine rings is 1. The minimum absolute atomic E-state index is 0.0165. The van der Waals surface area contributed by atoms with Crippen LogP contribution in [0.4, 0.5) is 5.69 Å². The Morgan fingerprint density at radius 3 is 2.33 bits per heavy atom. The molecule has 0 aromatic heterocycles. The van der Waals surface area contributed by atoms with Gasteiger partial charge in [-0.05, 0) is 55.4 Å². The summed E-state index contributed by atoms with van der Waals surface area (Å²) in [6.45, 7) is 7.07. The van der Waals surface area contributed by atoms with Crippen LogP contribution in [0.5, 0.6) is 0 Å². The highest BCUT2D eigenvalue weighted by atomic mass is 16.3. The molecule has 0 radical (unpaired) electrons. The SMILES string of the molecule is CCCCN(C)c1ccc(C(=O)N2CCC(CC)(CO)CC2)cc1. The van der Waals surface area contributed by atoms with Crippen molar-refractivity contribution in [2.24, 2.45) is 5.41 Å². The number of aliphatic hydroxyl groups excluding tert-OH is 1. The Hall–Kier alpha value is -1.55. The molecule has 1 aromatic carbocycles. The third-order valence-electron chi connectivity index (χ3n) is 5.60. The minimum atomic E-state index is 0.0165. The summed E-state index contributed by atoms with van der Waals surface area (Å²) in [5.74, 6) is 0.111. The molecule has 1 N–H and O–H groups in total. The van der Waals surface area contributed by atoms with Crippen molar-refractivity contribution in [3.8, 4) is 0 Å². The standard InChI is InChI=1S/C20H32N2O2/c1-4-6-13-21(3)18-9-7-17(8-10-18)19(24)22-14-11-20(5-2,16-23)12-15-22/h7-10,23H,4-6,11-16H2,1-3H3.